The van der Waals surface area contributed by atoms with E-state index in [-0.39, 0.29) is 11.8 Å². The molecular weight excluding hydrogens is 262 g/mol. The highest BCUT2D eigenvalue weighted by Gasteiger charge is 2.23. The van der Waals surface area contributed by atoms with Crippen molar-refractivity contribution in [1.29, 1.82) is 0 Å². The van der Waals surface area contributed by atoms with Crippen LogP contribution in [-0.2, 0) is 4.79 Å². The van der Waals surface area contributed by atoms with E-state index in [1.165, 1.54) is 0 Å². The Morgan fingerprint density at radius 3 is 2.67 bits per heavy atom. The molecule has 1 aromatic heterocycles. The summed E-state index contributed by atoms with van der Waals surface area (Å²) in [6, 6.07) is 9.93. The molecule has 1 aromatic carbocycles. The van der Waals surface area contributed by atoms with Crippen molar-refractivity contribution >= 4 is 16.9 Å². The van der Waals surface area contributed by atoms with Crippen molar-refractivity contribution in [3.63, 3.8) is 0 Å². The van der Waals surface area contributed by atoms with Crippen LogP contribution in [-0.4, -0.2) is 12.5 Å². The number of fused-ring (bicyclic) bond motifs is 1. The molecule has 0 saturated carbocycles. The minimum atomic E-state index is -0.172. The first-order valence-electron chi connectivity index (χ1n) is 8.02. The molecule has 2 rings (SSSR count). The van der Waals surface area contributed by atoms with Crippen LogP contribution in [0.4, 0.5) is 0 Å². The van der Waals surface area contributed by atoms with Crippen LogP contribution < -0.4 is 5.32 Å². The van der Waals surface area contributed by atoms with E-state index in [0.29, 0.717) is 0 Å². The largest absolute Gasteiger partial charge is 0.460 e. The molecule has 0 aliphatic heterocycles. The van der Waals surface area contributed by atoms with Crippen LogP contribution in [0.1, 0.15) is 57.6 Å². The summed E-state index contributed by atoms with van der Waals surface area (Å²) >= 11 is 0. The molecule has 21 heavy (non-hydrogen) atoms. The van der Waals surface area contributed by atoms with Crippen LogP contribution in [0.3, 0.4) is 0 Å². The third-order valence-corrected chi connectivity index (χ3v) is 3.78. The van der Waals surface area contributed by atoms with Gasteiger partial charge in [-0.2, -0.15) is 0 Å². The second-order valence-electron chi connectivity index (χ2n) is 5.53. The van der Waals surface area contributed by atoms with Gasteiger partial charge < -0.3 is 9.73 Å². The number of hydrogen-bond donors (Lipinski definition) is 1. The Morgan fingerprint density at radius 2 is 1.95 bits per heavy atom. The minimum Gasteiger partial charge on any atom is -0.460 e. The van der Waals surface area contributed by atoms with Gasteiger partial charge in [0, 0.05) is 11.9 Å². The van der Waals surface area contributed by atoms with Crippen LogP contribution in [0.15, 0.2) is 34.7 Å². The zero-order valence-electron chi connectivity index (χ0n) is 13.0. The summed E-state index contributed by atoms with van der Waals surface area (Å²) in [5, 5.41) is 4.10. The van der Waals surface area contributed by atoms with Gasteiger partial charge in [-0.3, -0.25) is 4.79 Å². The monoisotopic (exact) mass is 287 g/mol. The third-order valence-electron chi connectivity index (χ3n) is 3.78. The highest BCUT2D eigenvalue weighted by Crippen LogP contribution is 2.28. The predicted octanol–water partition coefficient (Wildman–Crippen LogP) is 4.62. The first-order chi connectivity index (χ1) is 10.3. The number of furan rings is 1. The predicted molar refractivity (Wildman–Crippen MR) is 86.4 cm³/mol. The Balaban J connectivity index is 2.15. The van der Waals surface area contributed by atoms with E-state index in [9.17, 15) is 4.79 Å². The molecule has 0 aliphatic rings. The summed E-state index contributed by atoms with van der Waals surface area (Å²) in [6.45, 7) is 5.02. The Hall–Kier alpha value is -1.77. The quantitative estimate of drug-likeness (QED) is 0.720. The summed E-state index contributed by atoms with van der Waals surface area (Å²) in [6.07, 6.45) is 5.06. The van der Waals surface area contributed by atoms with Crippen molar-refractivity contribution in [2.45, 2.75) is 51.9 Å². The lowest BCUT2D eigenvalue weighted by Gasteiger charge is -2.14. The van der Waals surface area contributed by atoms with Gasteiger partial charge in [0.2, 0.25) is 5.91 Å². The summed E-state index contributed by atoms with van der Waals surface area (Å²) in [5.41, 5.74) is 0.857. The van der Waals surface area contributed by atoms with Crippen LogP contribution in [0, 0.1) is 0 Å². The molecule has 114 valence electrons. The molecule has 2 aromatic rings. The van der Waals surface area contributed by atoms with E-state index in [1.54, 1.807) is 0 Å². The van der Waals surface area contributed by atoms with Crippen molar-refractivity contribution in [3.05, 3.63) is 36.1 Å². The molecule has 0 bridgehead atoms. The lowest BCUT2D eigenvalue weighted by Crippen LogP contribution is -2.30. The minimum absolute atomic E-state index is 0.0935. The van der Waals surface area contributed by atoms with Gasteiger partial charge >= 0.3 is 0 Å². The Morgan fingerprint density at radius 1 is 1.19 bits per heavy atom. The Kier molecular flexibility index (Phi) is 5.85. The van der Waals surface area contributed by atoms with Crippen molar-refractivity contribution in [2.24, 2.45) is 0 Å². The average molecular weight is 287 g/mol. The van der Waals surface area contributed by atoms with Crippen molar-refractivity contribution in [1.82, 2.24) is 5.32 Å². The molecular formula is C18H25NO2. The van der Waals surface area contributed by atoms with Gasteiger partial charge in [0.05, 0.1) is 5.92 Å². The molecule has 1 atom stereocenters. The number of benzene rings is 1. The van der Waals surface area contributed by atoms with E-state index in [1.807, 2.05) is 30.3 Å². The normalized spacial score (nSPS) is 12.5. The van der Waals surface area contributed by atoms with Gasteiger partial charge in [0.25, 0.3) is 0 Å². The van der Waals surface area contributed by atoms with Crippen molar-refractivity contribution < 1.29 is 9.21 Å². The number of unbranched alkanes of at least 4 members (excludes halogenated alkanes) is 2. The number of para-hydroxylation sites is 1. The molecule has 3 heteroatoms. The van der Waals surface area contributed by atoms with E-state index >= 15 is 0 Å². The summed E-state index contributed by atoms with van der Waals surface area (Å²) < 4.78 is 5.89. The zero-order chi connectivity index (χ0) is 15.1. The molecule has 0 spiro atoms. The molecule has 3 nitrogen and oxygen atoms in total. The van der Waals surface area contributed by atoms with Gasteiger partial charge in [0.15, 0.2) is 0 Å². The lowest BCUT2D eigenvalue weighted by atomic mass is 9.98. The lowest BCUT2D eigenvalue weighted by molar-refractivity contribution is -0.123. The summed E-state index contributed by atoms with van der Waals surface area (Å²) in [4.78, 5) is 12.4. The van der Waals surface area contributed by atoms with E-state index in [2.05, 4.69) is 19.2 Å². The number of rotatable bonds is 8. The van der Waals surface area contributed by atoms with Crippen LogP contribution in [0.25, 0.3) is 11.0 Å². The van der Waals surface area contributed by atoms with E-state index < -0.39 is 0 Å². The number of carbonyl (C=O) groups is 1. The molecule has 0 radical (unpaired) electrons. The molecule has 0 saturated heterocycles. The van der Waals surface area contributed by atoms with E-state index in [0.717, 1.165) is 55.4 Å². The number of amides is 1. The fraction of sp³-hybridized carbons (Fsp3) is 0.500. The Bertz CT molecular complexity index is 540. The van der Waals surface area contributed by atoms with Gasteiger partial charge in [-0.05, 0) is 25.0 Å². The maximum absolute atomic E-state index is 12.4. The van der Waals surface area contributed by atoms with Crippen molar-refractivity contribution in [2.75, 3.05) is 6.54 Å². The number of carbonyl (C=O) groups excluding carboxylic acids is 1. The first-order valence-corrected chi connectivity index (χ1v) is 8.02. The smallest absolute Gasteiger partial charge is 0.230 e. The molecule has 0 aliphatic carbocycles. The van der Waals surface area contributed by atoms with Crippen LogP contribution >= 0.6 is 0 Å². The van der Waals surface area contributed by atoms with Gasteiger partial charge in [-0.25, -0.2) is 0 Å². The molecule has 1 amide bonds. The molecule has 1 N–H and O–H groups in total. The summed E-state index contributed by atoms with van der Waals surface area (Å²) in [5.74, 6) is 0.712. The standard InChI is InChI=1S/C18H25NO2/c1-3-5-10-15(18(20)19-12-6-4-2)17-13-14-9-7-8-11-16(14)21-17/h7-9,11,13,15H,3-6,10,12H2,1-2H3,(H,19,20). The number of hydrogen-bond acceptors (Lipinski definition) is 2. The van der Waals surface area contributed by atoms with E-state index in [4.69, 9.17) is 4.42 Å². The molecule has 1 unspecified atom stereocenters. The van der Waals surface area contributed by atoms with Gasteiger partial charge in [0.1, 0.15) is 11.3 Å². The average Bonchev–Trinajstić information content (AvgIpc) is 2.91. The maximum atomic E-state index is 12.4. The fourth-order valence-corrected chi connectivity index (χ4v) is 2.50. The second-order valence-corrected chi connectivity index (χ2v) is 5.53. The van der Waals surface area contributed by atoms with Crippen molar-refractivity contribution in [3.8, 4) is 0 Å². The zero-order valence-corrected chi connectivity index (χ0v) is 13.0. The summed E-state index contributed by atoms with van der Waals surface area (Å²) in [7, 11) is 0. The Labute approximate surface area is 126 Å². The SMILES string of the molecule is CCCCNC(=O)C(CCCC)c1cc2ccccc2o1. The van der Waals surface area contributed by atoms with Crippen LogP contribution in [0.5, 0.6) is 0 Å². The fourth-order valence-electron chi connectivity index (χ4n) is 2.50. The molecule has 1 heterocycles. The number of nitrogens with one attached hydrogen (secondary N) is 1. The highest BCUT2D eigenvalue weighted by molar-refractivity contribution is 5.85. The van der Waals surface area contributed by atoms with Gasteiger partial charge in [-0.15, -0.1) is 0 Å². The first kappa shape index (κ1) is 15.6. The topological polar surface area (TPSA) is 42.2 Å². The molecule has 0 fully saturated rings. The second kappa shape index (κ2) is 7.87. The third kappa shape index (κ3) is 4.10. The highest BCUT2D eigenvalue weighted by atomic mass is 16.3. The maximum Gasteiger partial charge on any atom is 0.230 e. The van der Waals surface area contributed by atoms with Crippen LogP contribution in [0.2, 0.25) is 0 Å². The van der Waals surface area contributed by atoms with Gasteiger partial charge in [-0.1, -0.05) is 51.3 Å².